The van der Waals surface area contributed by atoms with E-state index < -0.39 is 24.1 Å². The van der Waals surface area contributed by atoms with Gasteiger partial charge in [0.15, 0.2) is 0 Å². The Morgan fingerprint density at radius 1 is 1.29 bits per heavy atom. The highest BCUT2D eigenvalue weighted by Gasteiger charge is 2.23. The Bertz CT molecular complexity index is 550. The van der Waals surface area contributed by atoms with Gasteiger partial charge in [-0.1, -0.05) is 18.2 Å². The predicted octanol–water partition coefficient (Wildman–Crippen LogP) is 1.40. The minimum absolute atomic E-state index is 0.0483. The summed E-state index contributed by atoms with van der Waals surface area (Å²) in [6.45, 7) is 0. The molecule has 0 radical (unpaired) electrons. The van der Waals surface area contributed by atoms with E-state index in [2.05, 4.69) is 14.8 Å². The standard InChI is InChI=1S/C14H14N2O5/c1-20-13(18)11(8-5-9-15)16-14(19)21-12(17)10-6-3-2-4-7-10/h2-4,6-7,11H,5,8H2,1H3,(H,16,19)/t11-/m0/s1. The fraction of sp³-hybridized carbons (Fsp3) is 0.286. The molecule has 0 unspecified atom stereocenters. The van der Waals surface area contributed by atoms with Crippen LogP contribution in [0.5, 0.6) is 0 Å². The number of methoxy groups -OCH3 is 1. The van der Waals surface area contributed by atoms with E-state index in [4.69, 9.17) is 5.26 Å². The van der Waals surface area contributed by atoms with Crippen LogP contribution in [-0.2, 0) is 14.3 Å². The van der Waals surface area contributed by atoms with Crippen molar-refractivity contribution in [2.24, 2.45) is 0 Å². The van der Waals surface area contributed by atoms with Gasteiger partial charge in [-0.15, -0.1) is 0 Å². The summed E-state index contributed by atoms with van der Waals surface area (Å²) in [6, 6.07) is 8.75. The number of hydrogen-bond acceptors (Lipinski definition) is 6. The van der Waals surface area contributed by atoms with Crippen molar-refractivity contribution < 1.29 is 23.9 Å². The molecule has 110 valence electrons. The normalized spacial score (nSPS) is 10.9. The molecule has 21 heavy (non-hydrogen) atoms. The fourth-order valence-electron chi connectivity index (χ4n) is 1.49. The van der Waals surface area contributed by atoms with Crippen molar-refractivity contribution in [3.8, 4) is 6.07 Å². The maximum atomic E-state index is 11.6. The number of nitrogens with zero attached hydrogens (tertiary/aromatic N) is 1. The molecule has 0 aliphatic carbocycles. The van der Waals surface area contributed by atoms with Crippen LogP contribution in [-0.4, -0.2) is 31.2 Å². The number of nitrogens with one attached hydrogen (secondary N) is 1. The summed E-state index contributed by atoms with van der Waals surface area (Å²) in [5.41, 5.74) is 0.208. The Morgan fingerprint density at radius 3 is 2.52 bits per heavy atom. The molecule has 7 nitrogen and oxygen atoms in total. The van der Waals surface area contributed by atoms with Crippen molar-refractivity contribution in [3.05, 3.63) is 35.9 Å². The summed E-state index contributed by atoms with van der Waals surface area (Å²) in [4.78, 5) is 34.6. The molecule has 0 saturated carbocycles. The molecule has 0 heterocycles. The molecule has 1 N–H and O–H groups in total. The number of esters is 2. The van der Waals surface area contributed by atoms with Crippen molar-refractivity contribution in [1.82, 2.24) is 5.32 Å². The number of nitriles is 1. The van der Waals surface area contributed by atoms with Gasteiger partial charge in [0.1, 0.15) is 6.04 Å². The van der Waals surface area contributed by atoms with E-state index in [0.717, 1.165) is 7.11 Å². The quantitative estimate of drug-likeness (QED) is 0.649. The second-order valence-corrected chi connectivity index (χ2v) is 3.96. The van der Waals surface area contributed by atoms with E-state index in [1.165, 1.54) is 12.1 Å². The molecule has 1 amide bonds. The first kappa shape index (κ1) is 16.2. The first-order valence-electron chi connectivity index (χ1n) is 6.11. The first-order valence-corrected chi connectivity index (χ1v) is 6.11. The molecule has 1 rings (SSSR count). The van der Waals surface area contributed by atoms with Gasteiger partial charge in [0.25, 0.3) is 0 Å². The summed E-state index contributed by atoms with van der Waals surface area (Å²) < 4.78 is 9.06. The minimum Gasteiger partial charge on any atom is -0.467 e. The van der Waals surface area contributed by atoms with Gasteiger partial charge in [0.05, 0.1) is 18.7 Å². The maximum Gasteiger partial charge on any atom is 0.415 e. The highest BCUT2D eigenvalue weighted by molar-refractivity contribution is 5.97. The van der Waals surface area contributed by atoms with Gasteiger partial charge in [0.2, 0.25) is 0 Å². The van der Waals surface area contributed by atoms with Crippen LogP contribution in [0.4, 0.5) is 4.79 Å². The van der Waals surface area contributed by atoms with Crippen LogP contribution in [0, 0.1) is 11.3 Å². The van der Waals surface area contributed by atoms with E-state index in [0.29, 0.717) is 0 Å². The van der Waals surface area contributed by atoms with Crippen LogP contribution in [0.3, 0.4) is 0 Å². The molecule has 0 aromatic heterocycles. The monoisotopic (exact) mass is 290 g/mol. The van der Waals surface area contributed by atoms with Gasteiger partial charge >= 0.3 is 18.0 Å². The topological polar surface area (TPSA) is 105 Å². The van der Waals surface area contributed by atoms with Crippen LogP contribution in [0.15, 0.2) is 30.3 Å². The number of ether oxygens (including phenoxy) is 2. The van der Waals surface area contributed by atoms with E-state index >= 15 is 0 Å². The lowest BCUT2D eigenvalue weighted by Crippen LogP contribution is -2.42. The zero-order valence-electron chi connectivity index (χ0n) is 11.4. The molecule has 0 saturated heterocycles. The van der Waals surface area contributed by atoms with Gasteiger partial charge in [0, 0.05) is 6.42 Å². The van der Waals surface area contributed by atoms with E-state index in [9.17, 15) is 14.4 Å². The lowest BCUT2D eigenvalue weighted by molar-refractivity contribution is -0.143. The zero-order valence-corrected chi connectivity index (χ0v) is 11.4. The van der Waals surface area contributed by atoms with Gasteiger partial charge < -0.3 is 14.8 Å². The average Bonchev–Trinajstić information content (AvgIpc) is 2.51. The molecular formula is C14H14N2O5. The third-order valence-electron chi connectivity index (χ3n) is 2.52. The second kappa shape index (κ2) is 8.32. The lowest BCUT2D eigenvalue weighted by atomic mass is 10.2. The number of rotatable bonds is 5. The van der Waals surface area contributed by atoms with Crippen molar-refractivity contribution >= 4 is 18.0 Å². The molecule has 1 atom stereocenters. The Kier molecular flexibility index (Phi) is 6.41. The average molecular weight is 290 g/mol. The Morgan fingerprint density at radius 2 is 1.95 bits per heavy atom. The highest BCUT2D eigenvalue weighted by Crippen LogP contribution is 2.03. The minimum atomic E-state index is -1.07. The third kappa shape index (κ3) is 5.32. The molecule has 0 spiro atoms. The number of carbonyl (C=O) groups is 3. The summed E-state index contributed by atoms with van der Waals surface area (Å²) >= 11 is 0. The summed E-state index contributed by atoms with van der Waals surface area (Å²) in [6.07, 6.45) is -0.956. The Labute approximate surface area is 121 Å². The predicted molar refractivity (Wildman–Crippen MR) is 71.0 cm³/mol. The second-order valence-electron chi connectivity index (χ2n) is 3.96. The largest absolute Gasteiger partial charge is 0.467 e. The third-order valence-corrected chi connectivity index (χ3v) is 2.52. The molecule has 1 aromatic rings. The zero-order chi connectivity index (χ0) is 15.7. The van der Waals surface area contributed by atoms with Crippen LogP contribution in [0.1, 0.15) is 23.2 Å². The van der Waals surface area contributed by atoms with Gasteiger partial charge in [-0.2, -0.15) is 5.26 Å². The Balaban J connectivity index is 2.59. The van der Waals surface area contributed by atoms with Crippen LogP contribution < -0.4 is 5.32 Å². The SMILES string of the molecule is COC(=O)[C@H](CCC#N)NC(=O)OC(=O)c1ccccc1. The van der Waals surface area contributed by atoms with Crippen molar-refractivity contribution in [2.75, 3.05) is 7.11 Å². The lowest BCUT2D eigenvalue weighted by Gasteiger charge is -2.14. The van der Waals surface area contributed by atoms with E-state index in [1.807, 2.05) is 6.07 Å². The van der Waals surface area contributed by atoms with Crippen LogP contribution in [0.25, 0.3) is 0 Å². The molecule has 0 aliphatic rings. The summed E-state index contributed by atoms with van der Waals surface area (Å²) in [7, 11) is 1.16. The summed E-state index contributed by atoms with van der Waals surface area (Å²) in [5.74, 6) is -1.55. The van der Waals surface area contributed by atoms with Crippen molar-refractivity contribution in [3.63, 3.8) is 0 Å². The number of benzene rings is 1. The van der Waals surface area contributed by atoms with Gasteiger partial charge in [-0.05, 0) is 18.6 Å². The number of amides is 1. The highest BCUT2D eigenvalue weighted by atomic mass is 16.6. The molecule has 0 bridgehead atoms. The van der Waals surface area contributed by atoms with Gasteiger partial charge in [-0.25, -0.2) is 14.4 Å². The molecule has 0 fully saturated rings. The molecule has 1 aromatic carbocycles. The fourth-order valence-corrected chi connectivity index (χ4v) is 1.49. The van der Waals surface area contributed by atoms with Crippen molar-refractivity contribution in [1.29, 1.82) is 5.26 Å². The van der Waals surface area contributed by atoms with Crippen LogP contribution in [0.2, 0.25) is 0 Å². The molecule has 0 aliphatic heterocycles. The number of hydrogen-bond donors (Lipinski definition) is 1. The van der Waals surface area contributed by atoms with Crippen LogP contribution >= 0.6 is 0 Å². The smallest absolute Gasteiger partial charge is 0.415 e. The van der Waals surface area contributed by atoms with E-state index in [1.54, 1.807) is 18.2 Å². The van der Waals surface area contributed by atoms with Gasteiger partial charge in [-0.3, -0.25) is 0 Å². The molecule has 7 heteroatoms. The maximum absolute atomic E-state index is 11.6. The molecular weight excluding hydrogens is 276 g/mol. The number of carbonyl (C=O) groups excluding carboxylic acids is 3. The number of alkyl carbamates (subject to hydrolysis) is 1. The first-order chi connectivity index (χ1) is 10.1. The summed E-state index contributed by atoms with van der Waals surface area (Å²) in [5, 5.41) is 10.7. The Hall–Kier alpha value is -2.88. The van der Waals surface area contributed by atoms with Crippen molar-refractivity contribution in [2.45, 2.75) is 18.9 Å². The van der Waals surface area contributed by atoms with E-state index in [-0.39, 0.29) is 18.4 Å².